The van der Waals surface area contributed by atoms with Gasteiger partial charge in [0.05, 0.1) is 11.6 Å². The topological polar surface area (TPSA) is 54.4 Å². The molecule has 0 radical (unpaired) electrons. The van der Waals surface area contributed by atoms with Gasteiger partial charge in [0.2, 0.25) is 0 Å². The predicted molar refractivity (Wildman–Crippen MR) is 117 cm³/mol. The van der Waals surface area contributed by atoms with E-state index in [2.05, 4.69) is 42.4 Å². The Balaban J connectivity index is 1.92. The summed E-state index contributed by atoms with van der Waals surface area (Å²) >= 11 is 1.67. The van der Waals surface area contributed by atoms with Gasteiger partial charge in [-0.05, 0) is 51.1 Å². The molecular weight excluding hydrogens is 368 g/mol. The van der Waals surface area contributed by atoms with Crippen LogP contribution in [0.25, 0.3) is 5.76 Å². The molecule has 1 aliphatic heterocycles. The van der Waals surface area contributed by atoms with Crippen molar-refractivity contribution in [2.45, 2.75) is 70.3 Å². The standard InChI is InChI=1S/C23H34N2O2S/c1-3-5-6-7-8-9-10-12-20(17-26)27-22(11-4-2)21-18-28-23(25-21)19-13-15-24-16-14-19/h9-10,18-20,24,26H,2-3,5-8,12-17H2,1H3/b10-9+. The molecule has 5 heteroatoms. The third-order valence-corrected chi connectivity index (χ3v) is 5.93. The van der Waals surface area contributed by atoms with Gasteiger partial charge in [-0.1, -0.05) is 44.1 Å². The molecule has 154 valence electrons. The highest BCUT2D eigenvalue weighted by molar-refractivity contribution is 7.09. The summed E-state index contributed by atoms with van der Waals surface area (Å²) in [5.41, 5.74) is 6.37. The van der Waals surface area contributed by atoms with E-state index in [4.69, 9.17) is 9.72 Å². The molecule has 1 aliphatic rings. The minimum absolute atomic E-state index is 0.0478. The maximum Gasteiger partial charge on any atom is 0.197 e. The minimum atomic E-state index is -0.313. The van der Waals surface area contributed by atoms with Crippen LogP contribution in [0.15, 0.2) is 35.6 Å². The van der Waals surface area contributed by atoms with Gasteiger partial charge in [-0.3, -0.25) is 0 Å². The van der Waals surface area contributed by atoms with Crippen molar-refractivity contribution >= 4 is 17.1 Å². The van der Waals surface area contributed by atoms with Crippen LogP contribution in [0, 0.1) is 0 Å². The summed E-state index contributed by atoms with van der Waals surface area (Å²) in [6.07, 6.45) is 13.0. The average Bonchev–Trinajstić information content (AvgIpc) is 3.22. The van der Waals surface area contributed by atoms with Gasteiger partial charge < -0.3 is 15.2 Å². The molecule has 1 fully saturated rings. The molecule has 0 bridgehead atoms. The van der Waals surface area contributed by atoms with Crippen molar-refractivity contribution in [3.63, 3.8) is 0 Å². The van der Waals surface area contributed by atoms with E-state index in [-0.39, 0.29) is 12.7 Å². The van der Waals surface area contributed by atoms with Gasteiger partial charge >= 0.3 is 0 Å². The lowest BCUT2D eigenvalue weighted by Gasteiger charge is -2.20. The van der Waals surface area contributed by atoms with E-state index < -0.39 is 0 Å². The zero-order valence-electron chi connectivity index (χ0n) is 17.1. The quantitative estimate of drug-likeness (QED) is 0.219. The molecule has 1 atom stereocenters. The number of ether oxygens (including phenoxy) is 1. The Morgan fingerprint density at radius 2 is 2.21 bits per heavy atom. The summed E-state index contributed by atoms with van der Waals surface area (Å²) in [7, 11) is 0. The lowest BCUT2D eigenvalue weighted by molar-refractivity contribution is 0.0944. The van der Waals surface area contributed by atoms with E-state index in [1.807, 2.05) is 5.38 Å². The van der Waals surface area contributed by atoms with Crippen LogP contribution >= 0.6 is 11.3 Å². The number of hydrogen-bond donors (Lipinski definition) is 2. The number of thiazole rings is 1. The lowest BCUT2D eigenvalue weighted by Crippen LogP contribution is -2.26. The van der Waals surface area contributed by atoms with Crippen LogP contribution in [-0.2, 0) is 4.74 Å². The Morgan fingerprint density at radius 1 is 1.39 bits per heavy atom. The molecule has 0 aliphatic carbocycles. The minimum Gasteiger partial charge on any atom is -0.477 e. The number of aliphatic hydroxyl groups is 1. The van der Waals surface area contributed by atoms with Gasteiger partial charge in [0, 0.05) is 17.7 Å². The molecule has 28 heavy (non-hydrogen) atoms. The van der Waals surface area contributed by atoms with Crippen LogP contribution in [0.5, 0.6) is 0 Å². The average molecular weight is 403 g/mol. The molecule has 2 heterocycles. The Labute approximate surface area is 173 Å². The van der Waals surface area contributed by atoms with Crippen molar-refractivity contribution in [1.82, 2.24) is 10.3 Å². The summed E-state index contributed by atoms with van der Waals surface area (Å²) in [6.45, 7) is 7.88. The summed E-state index contributed by atoms with van der Waals surface area (Å²) in [6, 6.07) is 0. The van der Waals surface area contributed by atoms with Crippen molar-refractivity contribution < 1.29 is 9.84 Å². The van der Waals surface area contributed by atoms with E-state index >= 15 is 0 Å². The van der Waals surface area contributed by atoms with E-state index in [1.54, 1.807) is 11.3 Å². The van der Waals surface area contributed by atoms with Gasteiger partial charge in [-0.15, -0.1) is 11.3 Å². The van der Waals surface area contributed by atoms with Gasteiger partial charge in [0.25, 0.3) is 0 Å². The molecule has 0 saturated carbocycles. The van der Waals surface area contributed by atoms with Gasteiger partial charge in [-0.2, -0.15) is 0 Å². The summed E-state index contributed by atoms with van der Waals surface area (Å²) in [5, 5.41) is 16.3. The highest BCUT2D eigenvalue weighted by Crippen LogP contribution is 2.30. The third kappa shape index (κ3) is 7.79. The molecule has 0 amide bonds. The highest BCUT2D eigenvalue weighted by atomic mass is 32.1. The van der Waals surface area contributed by atoms with Crippen LogP contribution in [0.4, 0.5) is 0 Å². The molecule has 1 aromatic rings. The van der Waals surface area contributed by atoms with Gasteiger partial charge in [0.1, 0.15) is 11.8 Å². The zero-order valence-corrected chi connectivity index (χ0v) is 17.9. The molecular formula is C23H34N2O2S. The fourth-order valence-electron chi connectivity index (χ4n) is 3.26. The first-order chi connectivity index (χ1) is 13.8. The van der Waals surface area contributed by atoms with Crippen molar-refractivity contribution in [3.8, 4) is 0 Å². The first kappa shape index (κ1) is 22.7. The maximum absolute atomic E-state index is 9.71. The van der Waals surface area contributed by atoms with Crippen molar-refractivity contribution in [3.05, 3.63) is 46.3 Å². The smallest absolute Gasteiger partial charge is 0.197 e. The van der Waals surface area contributed by atoms with Crippen LogP contribution < -0.4 is 5.32 Å². The van der Waals surface area contributed by atoms with Crippen molar-refractivity contribution in [2.24, 2.45) is 0 Å². The SMILES string of the molecule is C=C=C=C(OC(CO)C/C=C/CCCCCC)c1csc(C2CCNCC2)n1. The van der Waals surface area contributed by atoms with Crippen LogP contribution in [0.2, 0.25) is 0 Å². The summed E-state index contributed by atoms with van der Waals surface area (Å²) < 4.78 is 6.01. The third-order valence-electron chi connectivity index (χ3n) is 4.92. The van der Waals surface area contributed by atoms with Gasteiger partial charge in [0.15, 0.2) is 5.76 Å². The second kappa shape index (κ2) is 13.5. The van der Waals surface area contributed by atoms with E-state index in [0.717, 1.165) is 43.1 Å². The molecule has 1 unspecified atom stereocenters. The largest absolute Gasteiger partial charge is 0.477 e. The second-order valence-electron chi connectivity index (χ2n) is 7.21. The monoisotopic (exact) mass is 402 g/mol. The summed E-state index contributed by atoms with van der Waals surface area (Å²) in [4.78, 5) is 4.78. The molecule has 0 aromatic carbocycles. The van der Waals surface area contributed by atoms with Crippen molar-refractivity contribution in [2.75, 3.05) is 19.7 Å². The maximum atomic E-state index is 9.71. The number of hydrogen-bond acceptors (Lipinski definition) is 5. The first-order valence-corrected chi connectivity index (χ1v) is 11.4. The Morgan fingerprint density at radius 3 is 2.93 bits per heavy atom. The number of aromatic nitrogens is 1. The molecule has 4 nitrogen and oxygen atoms in total. The number of nitrogens with zero attached hydrogens (tertiary/aromatic N) is 1. The Bertz CT molecular complexity index is 679. The van der Waals surface area contributed by atoms with Crippen LogP contribution in [0.3, 0.4) is 0 Å². The number of unbranched alkanes of at least 4 members (excludes halogenated alkanes) is 4. The van der Waals surface area contributed by atoms with E-state index in [1.165, 1.54) is 25.7 Å². The normalized spacial score (nSPS) is 15.9. The fourth-order valence-corrected chi connectivity index (χ4v) is 4.24. The number of nitrogens with one attached hydrogen (secondary N) is 1. The number of rotatable bonds is 12. The predicted octanol–water partition coefficient (Wildman–Crippen LogP) is 5.19. The fraction of sp³-hybridized carbons (Fsp3) is 0.609. The van der Waals surface area contributed by atoms with Crippen LogP contribution in [-0.4, -0.2) is 35.9 Å². The molecule has 1 aromatic heterocycles. The number of piperidine rings is 1. The molecule has 0 spiro atoms. The molecule has 1 saturated heterocycles. The Kier molecular flexibility index (Phi) is 11.0. The second-order valence-corrected chi connectivity index (χ2v) is 8.09. The number of allylic oxidation sites excluding steroid dienone is 1. The lowest BCUT2D eigenvalue weighted by atomic mass is 9.99. The zero-order chi connectivity index (χ0) is 20.0. The van der Waals surface area contributed by atoms with E-state index in [0.29, 0.717) is 18.1 Å². The first-order valence-electron chi connectivity index (χ1n) is 10.5. The summed E-state index contributed by atoms with van der Waals surface area (Å²) in [5.74, 6) is 1.03. The Hall–Kier alpha value is -1.61. The van der Waals surface area contributed by atoms with E-state index in [9.17, 15) is 5.11 Å². The molecule has 2 rings (SSSR count). The van der Waals surface area contributed by atoms with Gasteiger partial charge in [-0.25, -0.2) is 4.98 Å². The van der Waals surface area contributed by atoms with Crippen LogP contribution in [0.1, 0.15) is 74.9 Å². The van der Waals surface area contributed by atoms with Crippen molar-refractivity contribution in [1.29, 1.82) is 0 Å². The highest BCUT2D eigenvalue weighted by Gasteiger charge is 2.20. The molecule has 2 N–H and O–H groups in total. The number of aliphatic hydroxyl groups excluding tert-OH is 1.